The molecule has 0 aliphatic carbocycles. The highest BCUT2D eigenvalue weighted by atomic mass is 16.2. The number of aromatic nitrogens is 3. The van der Waals surface area contributed by atoms with Crippen LogP contribution in [0.25, 0.3) is 11.4 Å². The fourth-order valence-corrected chi connectivity index (χ4v) is 5.01. The smallest absolute Gasteiger partial charge is 0.273 e. The summed E-state index contributed by atoms with van der Waals surface area (Å²) < 4.78 is 2.17. The van der Waals surface area contributed by atoms with Gasteiger partial charge in [0.1, 0.15) is 11.5 Å². The average molecular weight is 430 g/mol. The average Bonchev–Trinajstić information content (AvgIpc) is 3.29. The molecule has 1 fully saturated rings. The van der Waals surface area contributed by atoms with Gasteiger partial charge in [-0.25, -0.2) is 4.98 Å². The Kier molecular flexibility index (Phi) is 5.04. The van der Waals surface area contributed by atoms with Crippen LogP contribution in [-0.4, -0.2) is 62.3 Å². The number of amides is 2. The summed E-state index contributed by atoms with van der Waals surface area (Å²) >= 11 is 0. The van der Waals surface area contributed by atoms with E-state index in [1.807, 2.05) is 48.2 Å². The number of benzene rings is 1. The molecule has 7 heteroatoms. The van der Waals surface area contributed by atoms with Crippen molar-refractivity contribution in [2.45, 2.75) is 44.8 Å². The molecule has 1 saturated heterocycles. The molecule has 2 atom stereocenters. The zero-order chi connectivity index (χ0) is 22.4. The van der Waals surface area contributed by atoms with E-state index in [4.69, 9.17) is 4.98 Å². The van der Waals surface area contributed by atoms with Crippen LogP contribution in [0.15, 0.2) is 48.8 Å². The van der Waals surface area contributed by atoms with E-state index in [-0.39, 0.29) is 23.9 Å². The van der Waals surface area contributed by atoms with Gasteiger partial charge in [-0.3, -0.25) is 14.6 Å². The molecule has 5 rings (SSSR count). The van der Waals surface area contributed by atoms with E-state index in [0.29, 0.717) is 24.2 Å². The summed E-state index contributed by atoms with van der Waals surface area (Å²) in [6.45, 7) is 2.58. The van der Waals surface area contributed by atoms with Crippen LogP contribution in [0, 0.1) is 6.92 Å². The summed E-state index contributed by atoms with van der Waals surface area (Å²) in [6.07, 6.45) is 5.87. The number of imidazole rings is 1. The van der Waals surface area contributed by atoms with Gasteiger partial charge in [-0.05, 0) is 31.4 Å². The Morgan fingerprint density at radius 1 is 1.06 bits per heavy atom. The molecule has 2 aliphatic heterocycles. The number of hydrogen-bond acceptors (Lipinski definition) is 4. The number of fused-ring (bicyclic) bond motifs is 3. The fourth-order valence-electron chi connectivity index (χ4n) is 5.01. The maximum atomic E-state index is 13.6. The summed E-state index contributed by atoms with van der Waals surface area (Å²) in [7, 11) is 3.50. The number of rotatable bonds is 3. The van der Waals surface area contributed by atoms with Gasteiger partial charge in [0.25, 0.3) is 11.8 Å². The third-order valence-electron chi connectivity index (χ3n) is 6.66. The first-order valence-corrected chi connectivity index (χ1v) is 11.1. The molecule has 3 aromatic rings. The molecule has 0 N–H and O–H groups in total. The first-order chi connectivity index (χ1) is 15.5. The van der Waals surface area contributed by atoms with Crippen molar-refractivity contribution in [2.75, 3.05) is 14.1 Å². The lowest BCUT2D eigenvalue weighted by atomic mass is 10.0. The molecule has 0 spiro atoms. The predicted octanol–water partition coefficient (Wildman–Crippen LogP) is 3.18. The van der Waals surface area contributed by atoms with Gasteiger partial charge in [0, 0.05) is 51.1 Å². The molecular weight excluding hydrogens is 402 g/mol. The molecule has 164 valence electrons. The molecule has 4 heterocycles. The first kappa shape index (κ1) is 20.4. The maximum Gasteiger partial charge on any atom is 0.273 e. The van der Waals surface area contributed by atoms with E-state index in [9.17, 15) is 9.59 Å². The molecular formula is C25H27N5O2. The van der Waals surface area contributed by atoms with Gasteiger partial charge in [0.05, 0.1) is 17.3 Å². The third-order valence-corrected chi connectivity index (χ3v) is 6.66. The van der Waals surface area contributed by atoms with Crippen LogP contribution in [-0.2, 0) is 13.0 Å². The van der Waals surface area contributed by atoms with Crippen molar-refractivity contribution >= 4 is 11.8 Å². The zero-order valence-electron chi connectivity index (χ0n) is 18.7. The Morgan fingerprint density at radius 3 is 2.53 bits per heavy atom. The Morgan fingerprint density at radius 2 is 1.81 bits per heavy atom. The van der Waals surface area contributed by atoms with E-state index < -0.39 is 0 Å². The molecule has 2 bridgehead atoms. The van der Waals surface area contributed by atoms with Crippen molar-refractivity contribution in [2.24, 2.45) is 0 Å². The number of aryl methyl sites for hydroxylation is 1. The second-order valence-corrected chi connectivity index (χ2v) is 8.90. The first-order valence-electron chi connectivity index (χ1n) is 11.1. The van der Waals surface area contributed by atoms with Crippen LogP contribution >= 0.6 is 0 Å². The van der Waals surface area contributed by atoms with Crippen LogP contribution in [0.3, 0.4) is 0 Å². The van der Waals surface area contributed by atoms with Crippen molar-refractivity contribution in [3.05, 3.63) is 71.3 Å². The second kappa shape index (κ2) is 7.89. The van der Waals surface area contributed by atoms with Gasteiger partial charge >= 0.3 is 0 Å². The Labute approximate surface area is 187 Å². The normalized spacial score (nSPS) is 19.4. The van der Waals surface area contributed by atoms with E-state index >= 15 is 0 Å². The van der Waals surface area contributed by atoms with Gasteiger partial charge in [-0.15, -0.1) is 0 Å². The van der Waals surface area contributed by atoms with Gasteiger partial charge in [-0.2, -0.15) is 0 Å². The topological polar surface area (TPSA) is 71.3 Å². The summed E-state index contributed by atoms with van der Waals surface area (Å²) in [6, 6.07) is 12.0. The Balaban J connectivity index is 1.59. The molecule has 2 aliphatic rings. The molecule has 1 aromatic carbocycles. The van der Waals surface area contributed by atoms with Crippen molar-refractivity contribution < 1.29 is 9.59 Å². The highest BCUT2D eigenvalue weighted by Crippen LogP contribution is 2.36. The maximum absolute atomic E-state index is 13.6. The molecule has 7 nitrogen and oxygen atoms in total. The SMILES string of the molecule is Cc1ccncc1C(=O)N1C2CCC1Cn1c(-c3ccccc3)nc(C(=O)N(C)C)c1C2. The third kappa shape index (κ3) is 3.28. The minimum Gasteiger partial charge on any atom is -0.343 e. The number of pyridine rings is 1. The van der Waals surface area contributed by atoms with Crippen molar-refractivity contribution in [1.29, 1.82) is 0 Å². The molecule has 2 amide bonds. The summed E-state index contributed by atoms with van der Waals surface area (Å²) in [5.41, 5.74) is 3.98. The Hall–Kier alpha value is -3.48. The van der Waals surface area contributed by atoms with E-state index in [2.05, 4.69) is 9.55 Å². The van der Waals surface area contributed by atoms with Crippen LogP contribution in [0.5, 0.6) is 0 Å². The summed E-state index contributed by atoms with van der Waals surface area (Å²) in [4.78, 5) is 39.2. The Bertz CT molecular complexity index is 1180. The van der Waals surface area contributed by atoms with Crippen molar-refractivity contribution in [3.63, 3.8) is 0 Å². The number of nitrogens with zero attached hydrogens (tertiary/aromatic N) is 5. The minimum absolute atomic E-state index is 0.0311. The van der Waals surface area contributed by atoms with E-state index in [1.165, 1.54) is 0 Å². The van der Waals surface area contributed by atoms with Gasteiger partial charge in [0.15, 0.2) is 0 Å². The zero-order valence-corrected chi connectivity index (χ0v) is 18.7. The summed E-state index contributed by atoms with van der Waals surface area (Å²) in [5.74, 6) is 0.724. The minimum atomic E-state index is -0.102. The fraction of sp³-hybridized carbons (Fsp3) is 0.360. The van der Waals surface area contributed by atoms with Crippen molar-refractivity contribution in [1.82, 2.24) is 24.3 Å². The highest BCUT2D eigenvalue weighted by molar-refractivity contribution is 5.96. The molecule has 32 heavy (non-hydrogen) atoms. The highest BCUT2D eigenvalue weighted by Gasteiger charge is 2.43. The van der Waals surface area contributed by atoms with E-state index in [1.54, 1.807) is 31.4 Å². The number of carbonyl (C=O) groups is 2. The monoisotopic (exact) mass is 429 g/mol. The van der Waals surface area contributed by atoms with Crippen LogP contribution in [0.1, 0.15) is 44.9 Å². The molecule has 0 saturated carbocycles. The lowest BCUT2D eigenvalue weighted by Gasteiger charge is -2.28. The standard InChI is InChI=1S/C25H27N5O2/c1-16-11-12-26-14-20(16)24(31)30-18-9-10-19(30)15-29-21(13-18)22(25(32)28(2)3)27-23(29)17-7-5-4-6-8-17/h4-8,11-12,14,18-19H,9-10,13,15H2,1-3H3. The van der Waals surface area contributed by atoms with Gasteiger partial charge < -0.3 is 14.4 Å². The van der Waals surface area contributed by atoms with Crippen LogP contribution in [0.4, 0.5) is 0 Å². The number of hydrogen-bond donors (Lipinski definition) is 0. The summed E-state index contributed by atoms with van der Waals surface area (Å²) in [5, 5.41) is 0. The van der Waals surface area contributed by atoms with E-state index in [0.717, 1.165) is 35.5 Å². The predicted molar refractivity (Wildman–Crippen MR) is 121 cm³/mol. The lowest BCUT2D eigenvalue weighted by molar-refractivity contribution is 0.0665. The number of carbonyl (C=O) groups excluding carboxylic acids is 2. The van der Waals surface area contributed by atoms with Crippen LogP contribution < -0.4 is 0 Å². The lowest BCUT2D eigenvalue weighted by Crippen LogP contribution is -2.42. The molecule has 2 unspecified atom stereocenters. The van der Waals surface area contributed by atoms with Gasteiger partial charge in [0.2, 0.25) is 0 Å². The second-order valence-electron chi connectivity index (χ2n) is 8.90. The largest absolute Gasteiger partial charge is 0.343 e. The van der Waals surface area contributed by atoms with Gasteiger partial charge in [-0.1, -0.05) is 30.3 Å². The van der Waals surface area contributed by atoms with Crippen LogP contribution in [0.2, 0.25) is 0 Å². The van der Waals surface area contributed by atoms with Crippen molar-refractivity contribution in [3.8, 4) is 11.4 Å². The molecule has 0 radical (unpaired) electrons. The molecule has 2 aromatic heterocycles. The quantitative estimate of drug-likeness (QED) is 0.641.